The van der Waals surface area contributed by atoms with Crippen molar-refractivity contribution in [2.45, 2.75) is 32.9 Å². The molecule has 0 bridgehead atoms. The number of carbonyl (C=O) groups is 1. The largest absolute Gasteiger partial charge is 0.396 e. The lowest BCUT2D eigenvalue weighted by molar-refractivity contribution is -0.131. The summed E-state index contributed by atoms with van der Waals surface area (Å²) in [5.41, 5.74) is 5.21. The number of nitrogens with two attached hydrogens (primary N) is 1. The lowest BCUT2D eigenvalue weighted by Crippen LogP contribution is -2.53. The molecule has 0 radical (unpaired) electrons. The predicted molar refractivity (Wildman–Crippen MR) is 60.8 cm³/mol. The molecule has 0 aromatic carbocycles. The summed E-state index contributed by atoms with van der Waals surface area (Å²) in [6.45, 7) is 6.42. The molecule has 0 aromatic heterocycles. The Bertz CT molecular complexity index is 260. The van der Waals surface area contributed by atoms with E-state index in [4.69, 9.17) is 15.6 Å². The molecule has 16 heavy (non-hydrogen) atoms. The highest BCUT2D eigenvalue weighted by Crippen LogP contribution is 2.27. The molecule has 1 rings (SSSR count). The summed E-state index contributed by atoms with van der Waals surface area (Å²) < 4.78 is 5.23. The van der Waals surface area contributed by atoms with Crippen molar-refractivity contribution in [2.75, 3.05) is 19.8 Å². The zero-order valence-electron chi connectivity index (χ0n) is 10.2. The summed E-state index contributed by atoms with van der Waals surface area (Å²) in [6.07, 6.45) is 0. The van der Waals surface area contributed by atoms with Crippen molar-refractivity contribution >= 4 is 5.91 Å². The van der Waals surface area contributed by atoms with Crippen molar-refractivity contribution in [1.29, 1.82) is 0 Å². The summed E-state index contributed by atoms with van der Waals surface area (Å²) in [6, 6.07) is -0.328. The SMILES string of the molecule is CC(CO)C(C)NC(=O)C1(C)COCC1N. The highest BCUT2D eigenvalue weighted by atomic mass is 16.5. The topological polar surface area (TPSA) is 84.6 Å². The number of hydrogen-bond acceptors (Lipinski definition) is 4. The first kappa shape index (κ1) is 13.4. The molecule has 1 amide bonds. The van der Waals surface area contributed by atoms with E-state index < -0.39 is 5.41 Å². The van der Waals surface area contributed by atoms with Gasteiger partial charge < -0.3 is 20.9 Å². The van der Waals surface area contributed by atoms with Gasteiger partial charge in [0.15, 0.2) is 0 Å². The molecule has 4 atom stereocenters. The van der Waals surface area contributed by atoms with Crippen LogP contribution in [0, 0.1) is 11.3 Å². The van der Waals surface area contributed by atoms with Crippen molar-refractivity contribution in [2.24, 2.45) is 17.1 Å². The second-order valence-electron chi connectivity index (χ2n) is 4.96. The molecule has 4 N–H and O–H groups in total. The summed E-state index contributed by atoms with van der Waals surface area (Å²) in [5, 5.41) is 11.9. The van der Waals surface area contributed by atoms with E-state index in [0.717, 1.165) is 0 Å². The van der Waals surface area contributed by atoms with Crippen LogP contribution in [0.5, 0.6) is 0 Å². The third-order valence-electron chi connectivity index (χ3n) is 3.54. The Morgan fingerprint density at radius 1 is 1.69 bits per heavy atom. The highest BCUT2D eigenvalue weighted by molar-refractivity contribution is 5.83. The van der Waals surface area contributed by atoms with Crippen LogP contribution in [0.4, 0.5) is 0 Å². The van der Waals surface area contributed by atoms with Crippen LogP contribution in [0.1, 0.15) is 20.8 Å². The normalized spacial score (nSPS) is 33.4. The van der Waals surface area contributed by atoms with Gasteiger partial charge in [-0.05, 0) is 19.8 Å². The van der Waals surface area contributed by atoms with Crippen LogP contribution in [0.2, 0.25) is 0 Å². The van der Waals surface area contributed by atoms with Crippen LogP contribution in [0.15, 0.2) is 0 Å². The first-order valence-electron chi connectivity index (χ1n) is 5.67. The van der Waals surface area contributed by atoms with Gasteiger partial charge in [-0.25, -0.2) is 0 Å². The zero-order valence-corrected chi connectivity index (χ0v) is 10.2. The van der Waals surface area contributed by atoms with Crippen molar-refractivity contribution in [1.82, 2.24) is 5.32 Å². The highest BCUT2D eigenvalue weighted by Gasteiger charge is 2.44. The van der Waals surface area contributed by atoms with Crippen molar-refractivity contribution in [3.05, 3.63) is 0 Å². The molecule has 94 valence electrons. The molecule has 1 heterocycles. The van der Waals surface area contributed by atoms with E-state index in [2.05, 4.69) is 5.32 Å². The van der Waals surface area contributed by atoms with Gasteiger partial charge in [-0.15, -0.1) is 0 Å². The summed E-state index contributed by atoms with van der Waals surface area (Å²) in [5.74, 6) is -0.0589. The maximum absolute atomic E-state index is 12.1. The van der Waals surface area contributed by atoms with Gasteiger partial charge in [-0.3, -0.25) is 4.79 Å². The summed E-state index contributed by atoms with van der Waals surface area (Å²) in [4.78, 5) is 12.1. The van der Waals surface area contributed by atoms with Crippen molar-refractivity contribution in [3.8, 4) is 0 Å². The molecule has 0 saturated carbocycles. The van der Waals surface area contributed by atoms with Gasteiger partial charge in [-0.2, -0.15) is 0 Å². The molecule has 5 nitrogen and oxygen atoms in total. The van der Waals surface area contributed by atoms with E-state index in [-0.39, 0.29) is 30.5 Å². The maximum Gasteiger partial charge on any atom is 0.230 e. The molecule has 1 aliphatic rings. The fourth-order valence-corrected chi connectivity index (χ4v) is 1.59. The Labute approximate surface area is 96.3 Å². The van der Waals surface area contributed by atoms with Gasteiger partial charge in [0, 0.05) is 18.7 Å². The Hall–Kier alpha value is -0.650. The number of aliphatic hydroxyl groups excluding tert-OH is 1. The van der Waals surface area contributed by atoms with Crippen LogP contribution in [0.25, 0.3) is 0 Å². The van der Waals surface area contributed by atoms with E-state index in [1.165, 1.54) is 0 Å². The molecular formula is C11H22N2O3. The number of nitrogens with one attached hydrogen (secondary N) is 1. The minimum atomic E-state index is -0.649. The van der Waals surface area contributed by atoms with Gasteiger partial charge in [0.25, 0.3) is 0 Å². The average molecular weight is 230 g/mol. The molecular weight excluding hydrogens is 208 g/mol. The van der Waals surface area contributed by atoms with E-state index >= 15 is 0 Å². The molecule has 0 aromatic rings. The van der Waals surface area contributed by atoms with E-state index in [1.54, 1.807) is 0 Å². The number of amides is 1. The van der Waals surface area contributed by atoms with Crippen LogP contribution in [-0.4, -0.2) is 42.9 Å². The standard InChI is InChI=1S/C11H22N2O3/c1-7(4-14)8(2)13-10(15)11(3)6-16-5-9(11)12/h7-9,14H,4-6,12H2,1-3H3,(H,13,15). The van der Waals surface area contributed by atoms with Gasteiger partial charge in [0.05, 0.1) is 18.6 Å². The molecule has 0 aliphatic carbocycles. The minimum Gasteiger partial charge on any atom is -0.396 e. The monoisotopic (exact) mass is 230 g/mol. The number of hydrogen-bond donors (Lipinski definition) is 3. The van der Waals surface area contributed by atoms with Crippen molar-refractivity contribution in [3.63, 3.8) is 0 Å². The first-order chi connectivity index (χ1) is 7.41. The van der Waals surface area contributed by atoms with Crippen LogP contribution in [-0.2, 0) is 9.53 Å². The van der Waals surface area contributed by atoms with Gasteiger partial charge in [-0.1, -0.05) is 6.92 Å². The van der Waals surface area contributed by atoms with Gasteiger partial charge in [0.1, 0.15) is 0 Å². The number of aliphatic hydroxyl groups is 1. The second-order valence-corrected chi connectivity index (χ2v) is 4.96. The number of carbonyl (C=O) groups excluding carboxylic acids is 1. The molecule has 1 aliphatic heterocycles. The third-order valence-corrected chi connectivity index (χ3v) is 3.54. The van der Waals surface area contributed by atoms with E-state index in [0.29, 0.717) is 13.2 Å². The fourth-order valence-electron chi connectivity index (χ4n) is 1.59. The maximum atomic E-state index is 12.1. The first-order valence-corrected chi connectivity index (χ1v) is 5.67. The van der Waals surface area contributed by atoms with Crippen LogP contribution >= 0.6 is 0 Å². The van der Waals surface area contributed by atoms with Crippen LogP contribution < -0.4 is 11.1 Å². The Morgan fingerprint density at radius 2 is 2.31 bits per heavy atom. The second kappa shape index (κ2) is 5.12. The quantitative estimate of drug-likeness (QED) is 0.607. The minimum absolute atomic E-state index is 0.0334. The van der Waals surface area contributed by atoms with Gasteiger partial charge >= 0.3 is 0 Å². The molecule has 0 spiro atoms. The Morgan fingerprint density at radius 3 is 2.75 bits per heavy atom. The average Bonchev–Trinajstić information content (AvgIpc) is 2.59. The third kappa shape index (κ3) is 2.53. The Kier molecular flexibility index (Phi) is 4.29. The fraction of sp³-hybridized carbons (Fsp3) is 0.909. The summed E-state index contributed by atoms with van der Waals surface area (Å²) >= 11 is 0. The lowest BCUT2D eigenvalue weighted by Gasteiger charge is -2.29. The molecule has 4 unspecified atom stereocenters. The number of rotatable bonds is 4. The predicted octanol–water partition coefficient (Wildman–Crippen LogP) is -0.517. The lowest BCUT2D eigenvalue weighted by atomic mass is 9.84. The van der Waals surface area contributed by atoms with Gasteiger partial charge in [0.2, 0.25) is 5.91 Å². The van der Waals surface area contributed by atoms with Crippen LogP contribution in [0.3, 0.4) is 0 Å². The van der Waals surface area contributed by atoms with E-state index in [1.807, 2.05) is 20.8 Å². The zero-order chi connectivity index (χ0) is 12.3. The molecule has 5 heteroatoms. The number of ether oxygens (including phenoxy) is 1. The molecule has 1 fully saturated rings. The smallest absolute Gasteiger partial charge is 0.230 e. The molecule has 1 saturated heterocycles. The summed E-state index contributed by atoms with van der Waals surface area (Å²) in [7, 11) is 0. The Balaban J connectivity index is 2.58. The van der Waals surface area contributed by atoms with E-state index in [9.17, 15) is 4.79 Å². The van der Waals surface area contributed by atoms with Crippen molar-refractivity contribution < 1.29 is 14.6 Å².